The molecule has 1 aliphatic rings. The van der Waals surface area contributed by atoms with Crippen molar-refractivity contribution in [2.24, 2.45) is 0 Å². The van der Waals surface area contributed by atoms with E-state index in [0.717, 1.165) is 31.6 Å². The highest BCUT2D eigenvalue weighted by molar-refractivity contribution is 7.89. The van der Waals surface area contributed by atoms with Gasteiger partial charge in [0.25, 0.3) is 0 Å². The van der Waals surface area contributed by atoms with Crippen molar-refractivity contribution < 1.29 is 13.2 Å². The smallest absolute Gasteiger partial charge is 0.246 e. The number of rotatable bonds is 7. The van der Waals surface area contributed by atoms with Crippen LogP contribution >= 0.6 is 0 Å². The summed E-state index contributed by atoms with van der Waals surface area (Å²) >= 11 is 0. The van der Waals surface area contributed by atoms with E-state index in [9.17, 15) is 8.42 Å². The second kappa shape index (κ2) is 9.06. The Kier molecular flexibility index (Phi) is 6.71. The van der Waals surface area contributed by atoms with Gasteiger partial charge in [0.05, 0.1) is 25.4 Å². The number of ether oxygens (including phenoxy) is 1. The van der Waals surface area contributed by atoms with Crippen molar-refractivity contribution in [3.8, 4) is 5.75 Å². The zero-order valence-corrected chi connectivity index (χ0v) is 18.2. The Bertz CT molecular complexity index is 943. The van der Waals surface area contributed by atoms with Crippen LogP contribution in [-0.2, 0) is 16.6 Å². The monoisotopic (exact) mass is 419 g/mol. The molecule has 0 bridgehead atoms. The molecule has 3 rings (SSSR count). The van der Waals surface area contributed by atoms with E-state index in [2.05, 4.69) is 10.3 Å². The van der Waals surface area contributed by atoms with Crippen LogP contribution in [0.15, 0.2) is 35.2 Å². The minimum atomic E-state index is -3.73. The molecule has 1 aromatic carbocycles. The van der Waals surface area contributed by atoms with Crippen molar-refractivity contribution in [3.63, 3.8) is 0 Å². The molecule has 158 valence electrons. The van der Waals surface area contributed by atoms with Gasteiger partial charge in [-0.3, -0.25) is 0 Å². The second-order valence-electron chi connectivity index (χ2n) is 7.38. The third kappa shape index (κ3) is 4.85. The quantitative estimate of drug-likeness (QED) is 0.736. The molecule has 1 aliphatic heterocycles. The van der Waals surface area contributed by atoms with Crippen LogP contribution in [-0.4, -0.2) is 57.5 Å². The molecule has 0 saturated carbocycles. The normalized spacial score (nSPS) is 17.3. The molecule has 1 aromatic heterocycles. The lowest BCUT2D eigenvalue weighted by atomic mass is 10.0. The van der Waals surface area contributed by atoms with Gasteiger partial charge in [-0.2, -0.15) is 4.31 Å². The van der Waals surface area contributed by atoms with E-state index in [1.165, 1.54) is 11.4 Å². The summed E-state index contributed by atoms with van der Waals surface area (Å²) < 4.78 is 32.7. The lowest BCUT2D eigenvalue weighted by molar-refractivity contribution is 0.392. The van der Waals surface area contributed by atoms with Crippen LogP contribution in [0.1, 0.15) is 36.8 Å². The number of anilines is 1. The first-order valence-corrected chi connectivity index (χ1v) is 11.1. The zero-order chi connectivity index (χ0) is 21.0. The van der Waals surface area contributed by atoms with Gasteiger partial charge in [0.1, 0.15) is 22.3 Å². The van der Waals surface area contributed by atoms with Gasteiger partial charge in [0.15, 0.2) is 0 Å². The highest BCUT2D eigenvalue weighted by Gasteiger charge is 2.26. The van der Waals surface area contributed by atoms with E-state index in [-0.39, 0.29) is 17.5 Å². The Morgan fingerprint density at radius 3 is 2.59 bits per heavy atom. The molecular weight excluding hydrogens is 390 g/mol. The summed E-state index contributed by atoms with van der Waals surface area (Å²) in [7, 11) is 3.12. The highest BCUT2D eigenvalue weighted by atomic mass is 32.2. The van der Waals surface area contributed by atoms with Gasteiger partial charge in [-0.15, -0.1) is 0 Å². The molecule has 0 amide bonds. The molecule has 1 N–H and O–H groups in total. The van der Waals surface area contributed by atoms with Crippen LogP contribution < -0.4 is 15.0 Å². The number of hydrogen-bond donors (Lipinski definition) is 1. The SMILES string of the molecule is COc1ccccc1S(=O)(=O)N(C)Cc1cc(N(C)C)nc([C@H]2CCCCN2)n1. The number of methoxy groups -OCH3 is 1. The molecule has 0 radical (unpaired) electrons. The van der Waals surface area contributed by atoms with Gasteiger partial charge < -0.3 is 15.0 Å². The fraction of sp³-hybridized carbons (Fsp3) is 0.500. The molecule has 0 spiro atoms. The van der Waals surface area contributed by atoms with Crippen LogP contribution in [0.25, 0.3) is 0 Å². The molecule has 1 saturated heterocycles. The van der Waals surface area contributed by atoms with E-state index in [4.69, 9.17) is 9.72 Å². The number of nitrogens with zero attached hydrogens (tertiary/aromatic N) is 4. The van der Waals surface area contributed by atoms with Crippen molar-refractivity contribution in [2.75, 3.05) is 39.7 Å². The topological polar surface area (TPSA) is 87.7 Å². The van der Waals surface area contributed by atoms with Crippen LogP contribution in [0.3, 0.4) is 0 Å². The van der Waals surface area contributed by atoms with E-state index in [0.29, 0.717) is 17.3 Å². The van der Waals surface area contributed by atoms with Crippen LogP contribution in [0, 0.1) is 0 Å². The zero-order valence-electron chi connectivity index (χ0n) is 17.4. The van der Waals surface area contributed by atoms with E-state index < -0.39 is 10.0 Å². The number of para-hydroxylation sites is 1. The van der Waals surface area contributed by atoms with Crippen molar-refractivity contribution in [2.45, 2.75) is 36.7 Å². The van der Waals surface area contributed by atoms with Gasteiger partial charge >= 0.3 is 0 Å². The Hall–Kier alpha value is -2.23. The van der Waals surface area contributed by atoms with Gasteiger partial charge in [-0.1, -0.05) is 18.6 Å². The maximum Gasteiger partial charge on any atom is 0.246 e. The average molecular weight is 420 g/mol. The minimum absolute atomic E-state index is 0.0959. The lowest BCUT2D eigenvalue weighted by Gasteiger charge is -2.25. The average Bonchev–Trinajstić information content (AvgIpc) is 2.74. The van der Waals surface area contributed by atoms with E-state index in [1.54, 1.807) is 31.3 Å². The summed E-state index contributed by atoms with van der Waals surface area (Å²) in [5, 5.41) is 3.46. The molecule has 1 fully saturated rings. The predicted octanol–water partition coefficient (Wildman–Crippen LogP) is 2.19. The van der Waals surface area contributed by atoms with Crippen LogP contribution in [0.5, 0.6) is 5.75 Å². The van der Waals surface area contributed by atoms with Gasteiger partial charge in [0, 0.05) is 27.2 Å². The molecule has 29 heavy (non-hydrogen) atoms. The fourth-order valence-corrected chi connectivity index (χ4v) is 4.65. The Balaban J connectivity index is 1.90. The number of piperidine rings is 1. The van der Waals surface area contributed by atoms with Gasteiger partial charge in [-0.25, -0.2) is 18.4 Å². The van der Waals surface area contributed by atoms with Crippen molar-refractivity contribution in [3.05, 3.63) is 41.9 Å². The summed E-state index contributed by atoms with van der Waals surface area (Å²) in [5.74, 6) is 1.80. The minimum Gasteiger partial charge on any atom is -0.495 e. The Labute approximate surface area is 173 Å². The summed E-state index contributed by atoms with van der Waals surface area (Å²) in [5.41, 5.74) is 0.659. The van der Waals surface area contributed by atoms with E-state index in [1.807, 2.05) is 25.1 Å². The standard InChI is InChI=1S/C20H29N5O3S/c1-24(2)19-13-15(22-20(23-19)16-9-7-8-12-21-16)14-25(3)29(26,27)18-11-6-5-10-17(18)28-4/h5-6,10-11,13,16,21H,7-9,12,14H2,1-4H3/t16-/m1/s1. The number of hydrogen-bond acceptors (Lipinski definition) is 7. The van der Waals surface area contributed by atoms with Crippen LogP contribution in [0.4, 0.5) is 5.82 Å². The molecule has 0 aliphatic carbocycles. The Morgan fingerprint density at radius 2 is 1.93 bits per heavy atom. The molecule has 9 heteroatoms. The maximum atomic E-state index is 13.1. The molecule has 8 nitrogen and oxygen atoms in total. The Morgan fingerprint density at radius 1 is 1.17 bits per heavy atom. The molecule has 2 heterocycles. The number of aromatic nitrogens is 2. The third-order valence-corrected chi connectivity index (χ3v) is 6.85. The molecule has 1 atom stereocenters. The first-order valence-electron chi connectivity index (χ1n) is 9.71. The second-order valence-corrected chi connectivity index (χ2v) is 9.40. The van der Waals surface area contributed by atoms with Crippen LogP contribution in [0.2, 0.25) is 0 Å². The third-order valence-electron chi connectivity index (χ3n) is 5.01. The number of benzene rings is 1. The highest BCUT2D eigenvalue weighted by Crippen LogP contribution is 2.27. The summed E-state index contributed by atoms with van der Waals surface area (Å²) in [4.78, 5) is 11.4. The largest absolute Gasteiger partial charge is 0.495 e. The summed E-state index contributed by atoms with van der Waals surface area (Å²) in [6.07, 6.45) is 3.26. The predicted molar refractivity (Wildman–Crippen MR) is 113 cm³/mol. The molecule has 0 unspecified atom stereocenters. The first-order chi connectivity index (χ1) is 13.8. The first kappa shape index (κ1) is 21.5. The van der Waals surface area contributed by atoms with Crippen molar-refractivity contribution in [1.82, 2.24) is 19.6 Å². The summed E-state index contributed by atoms with van der Waals surface area (Å²) in [6, 6.07) is 8.55. The van der Waals surface area contributed by atoms with Crippen molar-refractivity contribution >= 4 is 15.8 Å². The molecular formula is C20H29N5O3S. The van der Waals surface area contributed by atoms with E-state index >= 15 is 0 Å². The maximum absolute atomic E-state index is 13.1. The number of sulfonamides is 1. The lowest BCUT2D eigenvalue weighted by Crippen LogP contribution is -2.30. The van der Waals surface area contributed by atoms with Crippen molar-refractivity contribution in [1.29, 1.82) is 0 Å². The fourth-order valence-electron chi connectivity index (χ4n) is 3.35. The summed E-state index contributed by atoms with van der Waals surface area (Å²) in [6.45, 7) is 1.08. The van der Waals surface area contributed by atoms with Gasteiger partial charge in [0.2, 0.25) is 10.0 Å². The molecule has 2 aromatic rings. The number of nitrogens with one attached hydrogen (secondary N) is 1. The van der Waals surface area contributed by atoms with Gasteiger partial charge in [-0.05, 0) is 31.5 Å².